The van der Waals surface area contributed by atoms with Crippen molar-refractivity contribution in [2.75, 3.05) is 45.2 Å². The van der Waals surface area contributed by atoms with Crippen LogP contribution in [0.15, 0.2) is 48.7 Å². The van der Waals surface area contributed by atoms with Crippen LogP contribution in [0.1, 0.15) is 24.0 Å². The monoisotopic (exact) mass is 521 g/mol. The molecule has 5 rings (SSSR count). The average Bonchev–Trinajstić information content (AvgIpc) is 3.30. The molecule has 0 saturated carbocycles. The highest BCUT2D eigenvalue weighted by atomic mass is 35.5. The highest BCUT2D eigenvalue weighted by Gasteiger charge is 2.35. The molecule has 1 saturated heterocycles. The van der Waals surface area contributed by atoms with Crippen LogP contribution in [0.4, 0.5) is 5.69 Å². The Morgan fingerprint density at radius 1 is 1.16 bits per heavy atom. The van der Waals surface area contributed by atoms with Crippen LogP contribution in [-0.4, -0.2) is 68.0 Å². The number of nitrogens with zero attached hydrogens (tertiary/aromatic N) is 2. The van der Waals surface area contributed by atoms with Gasteiger partial charge in [0.1, 0.15) is 6.04 Å². The SMILES string of the molecule is CN(C)C[C@H]1Cc2cc(Cl)ccc2N(C(=O)[C@@H](Cc2c[nH]c3ccccc23)NC(=O)C2CCNCC2)C1. The summed E-state index contributed by atoms with van der Waals surface area (Å²) in [5, 5.41) is 8.24. The first kappa shape index (κ1) is 25.8. The molecule has 2 amide bonds. The van der Waals surface area contributed by atoms with Gasteiger partial charge in [-0.15, -0.1) is 0 Å². The van der Waals surface area contributed by atoms with Gasteiger partial charge < -0.3 is 25.4 Å². The Morgan fingerprint density at radius 3 is 2.73 bits per heavy atom. The van der Waals surface area contributed by atoms with Crippen molar-refractivity contribution < 1.29 is 9.59 Å². The number of H-pyrrole nitrogens is 1. The molecule has 2 atom stereocenters. The van der Waals surface area contributed by atoms with E-state index in [-0.39, 0.29) is 23.7 Å². The van der Waals surface area contributed by atoms with Gasteiger partial charge in [0, 0.05) is 53.2 Å². The fourth-order valence-electron chi connectivity index (χ4n) is 5.84. The smallest absolute Gasteiger partial charge is 0.249 e. The van der Waals surface area contributed by atoms with Gasteiger partial charge in [0.05, 0.1) is 0 Å². The van der Waals surface area contributed by atoms with Gasteiger partial charge in [-0.2, -0.15) is 0 Å². The van der Waals surface area contributed by atoms with Crippen LogP contribution >= 0.6 is 11.6 Å². The van der Waals surface area contributed by atoms with Crippen LogP contribution in [0.25, 0.3) is 10.9 Å². The van der Waals surface area contributed by atoms with Crippen molar-refractivity contribution in [2.45, 2.75) is 31.7 Å². The summed E-state index contributed by atoms with van der Waals surface area (Å²) < 4.78 is 0. The van der Waals surface area contributed by atoms with E-state index in [2.05, 4.69) is 40.7 Å². The molecule has 7 nitrogen and oxygen atoms in total. The Hall–Kier alpha value is -2.87. The van der Waals surface area contributed by atoms with Crippen molar-refractivity contribution in [3.63, 3.8) is 0 Å². The minimum absolute atomic E-state index is 0.0297. The maximum Gasteiger partial charge on any atom is 0.249 e. The average molecular weight is 522 g/mol. The summed E-state index contributed by atoms with van der Waals surface area (Å²) in [6.45, 7) is 3.13. The van der Waals surface area contributed by atoms with Crippen molar-refractivity contribution in [3.8, 4) is 0 Å². The maximum absolute atomic E-state index is 14.3. The molecule has 0 radical (unpaired) electrons. The first-order chi connectivity index (χ1) is 17.9. The number of fused-ring (bicyclic) bond motifs is 2. The van der Waals surface area contributed by atoms with Crippen LogP contribution in [0.3, 0.4) is 0 Å². The fourth-order valence-corrected chi connectivity index (χ4v) is 6.04. The van der Waals surface area contributed by atoms with E-state index in [0.717, 1.165) is 66.6 Å². The van der Waals surface area contributed by atoms with E-state index in [0.29, 0.717) is 18.0 Å². The van der Waals surface area contributed by atoms with Gasteiger partial charge in [-0.3, -0.25) is 9.59 Å². The molecule has 0 unspecified atom stereocenters. The molecule has 3 aromatic rings. The lowest BCUT2D eigenvalue weighted by Crippen LogP contribution is -2.54. The van der Waals surface area contributed by atoms with Crippen LogP contribution in [0, 0.1) is 11.8 Å². The summed E-state index contributed by atoms with van der Waals surface area (Å²) in [6, 6.07) is 13.2. The number of carbonyl (C=O) groups excluding carboxylic acids is 2. The number of piperidine rings is 1. The Bertz CT molecular complexity index is 1270. The van der Waals surface area contributed by atoms with Crippen LogP contribution in [0.5, 0.6) is 0 Å². The zero-order valence-electron chi connectivity index (χ0n) is 21.6. The number of aromatic amines is 1. The van der Waals surface area contributed by atoms with Crippen LogP contribution in [0.2, 0.25) is 5.02 Å². The molecule has 0 aliphatic carbocycles. The minimum Gasteiger partial charge on any atom is -0.361 e. The number of anilines is 1. The number of aromatic nitrogens is 1. The third-order valence-corrected chi connectivity index (χ3v) is 7.83. The third kappa shape index (κ3) is 5.84. The summed E-state index contributed by atoms with van der Waals surface area (Å²) in [6.07, 6.45) is 4.83. The summed E-state index contributed by atoms with van der Waals surface area (Å²) in [4.78, 5) is 35.0. The molecule has 196 valence electrons. The number of halogens is 1. The number of rotatable bonds is 7. The van der Waals surface area contributed by atoms with Gasteiger partial charge in [-0.25, -0.2) is 0 Å². The van der Waals surface area contributed by atoms with Gasteiger partial charge in [-0.1, -0.05) is 29.8 Å². The van der Waals surface area contributed by atoms with E-state index < -0.39 is 6.04 Å². The van der Waals surface area contributed by atoms with Crippen molar-refractivity contribution >= 4 is 40.0 Å². The molecule has 37 heavy (non-hydrogen) atoms. The number of amides is 2. The van der Waals surface area contributed by atoms with E-state index in [1.165, 1.54) is 0 Å². The molecule has 2 aliphatic heterocycles. The number of nitrogens with one attached hydrogen (secondary N) is 3. The van der Waals surface area contributed by atoms with E-state index in [1.54, 1.807) is 0 Å². The summed E-state index contributed by atoms with van der Waals surface area (Å²) in [5.74, 6) is 0.102. The maximum atomic E-state index is 14.3. The molecular formula is C29H36ClN5O2. The minimum atomic E-state index is -0.664. The van der Waals surface area contributed by atoms with E-state index in [4.69, 9.17) is 11.6 Å². The molecular weight excluding hydrogens is 486 g/mol. The zero-order valence-corrected chi connectivity index (χ0v) is 22.4. The van der Waals surface area contributed by atoms with Gasteiger partial charge in [-0.05, 0) is 87.8 Å². The largest absolute Gasteiger partial charge is 0.361 e. The molecule has 0 bridgehead atoms. The normalized spacial score (nSPS) is 19.1. The molecule has 0 spiro atoms. The first-order valence-corrected chi connectivity index (χ1v) is 13.6. The second kappa shape index (κ2) is 11.3. The second-order valence-electron chi connectivity index (χ2n) is 10.7. The van der Waals surface area contributed by atoms with Gasteiger partial charge in [0.15, 0.2) is 0 Å². The number of carbonyl (C=O) groups is 2. The van der Waals surface area contributed by atoms with Crippen LogP contribution in [-0.2, 0) is 22.4 Å². The molecule has 2 aromatic carbocycles. The highest BCUT2D eigenvalue weighted by Crippen LogP contribution is 2.33. The van der Waals surface area contributed by atoms with E-state index in [1.807, 2.05) is 47.5 Å². The molecule has 1 fully saturated rings. The number of benzene rings is 2. The standard InChI is InChI=1S/C29H36ClN5O2/c1-34(2)17-19-13-21-14-23(30)7-8-27(21)35(18-19)29(37)26(33-28(36)20-9-11-31-12-10-20)15-22-16-32-25-6-4-3-5-24(22)25/h3-8,14,16,19-20,26,31-32H,9-13,15,17-18H2,1-2H3,(H,33,36)/t19-,26-/m1/s1. The van der Waals surface area contributed by atoms with Gasteiger partial charge >= 0.3 is 0 Å². The lowest BCUT2D eigenvalue weighted by atomic mass is 9.90. The van der Waals surface area contributed by atoms with Crippen LogP contribution < -0.4 is 15.5 Å². The van der Waals surface area contributed by atoms with Crippen molar-refractivity contribution in [2.24, 2.45) is 11.8 Å². The highest BCUT2D eigenvalue weighted by molar-refractivity contribution is 6.30. The lowest BCUT2D eigenvalue weighted by Gasteiger charge is -2.38. The molecule has 3 heterocycles. The molecule has 2 aliphatic rings. The molecule has 3 N–H and O–H groups in total. The predicted octanol–water partition coefficient (Wildman–Crippen LogP) is 3.62. The Labute approximate surface area is 223 Å². The Morgan fingerprint density at radius 2 is 1.95 bits per heavy atom. The van der Waals surface area contributed by atoms with E-state index >= 15 is 0 Å². The third-order valence-electron chi connectivity index (χ3n) is 7.59. The van der Waals surface area contributed by atoms with Crippen molar-refractivity contribution in [3.05, 3.63) is 64.8 Å². The topological polar surface area (TPSA) is 80.5 Å². The summed E-state index contributed by atoms with van der Waals surface area (Å²) in [5.41, 5.74) is 4.02. The predicted molar refractivity (Wildman–Crippen MR) is 149 cm³/mol. The summed E-state index contributed by atoms with van der Waals surface area (Å²) in [7, 11) is 4.11. The van der Waals surface area contributed by atoms with E-state index in [9.17, 15) is 9.59 Å². The number of hydrogen-bond acceptors (Lipinski definition) is 4. The van der Waals surface area contributed by atoms with Crippen molar-refractivity contribution in [1.82, 2.24) is 20.5 Å². The molecule has 1 aromatic heterocycles. The second-order valence-corrected chi connectivity index (χ2v) is 11.1. The van der Waals surface area contributed by atoms with Gasteiger partial charge in [0.25, 0.3) is 0 Å². The number of para-hydroxylation sites is 1. The van der Waals surface area contributed by atoms with Gasteiger partial charge in [0.2, 0.25) is 11.8 Å². The molecule has 8 heteroatoms. The van der Waals surface area contributed by atoms with Crippen molar-refractivity contribution in [1.29, 1.82) is 0 Å². The Balaban J connectivity index is 1.46. The first-order valence-electron chi connectivity index (χ1n) is 13.2. The quantitative estimate of drug-likeness (QED) is 0.443. The summed E-state index contributed by atoms with van der Waals surface area (Å²) >= 11 is 6.35. The Kier molecular flexibility index (Phi) is 7.84. The number of hydrogen-bond donors (Lipinski definition) is 3. The fraction of sp³-hybridized carbons (Fsp3) is 0.448. The zero-order chi connectivity index (χ0) is 25.9. The lowest BCUT2D eigenvalue weighted by molar-refractivity contribution is -0.130.